The van der Waals surface area contributed by atoms with Gasteiger partial charge in [-0.3, -0.25) is 19.4 Å². The fourth-order valence-electron chi connectivity index (χ4n) is 3.97. The van der Waals surface area contributed by atoms with Crippen LogP contribution in [0.4, 0.5) is 0 Å². The summed E-state index contributed by atoms with van der Waals surface area (Å²) in [5.41, 5.74) is 3.56. The highest BCUT2D eigenvalue weighted by molar-refractivity contribution is 7.71. The number of aromatic amines is 1. The number of piperazine rings is 1. The standard InChI is InChI=1S/C24H29N5OS/c1-19-7-9-21(10-8-19)23-25-26-24(31)29(23)14-12-22(30)28-17-15-27(16-18-28)13-11-20-5-3-2-4-6-20/h2-10H,11-18H2,1H3,(H,26,31). The van der Waals surface area contributed by atoms with Gasteiger partial charge in [-0.2, -0.15) is 5.10 Å². The number of nitrogens with one attached hydrogen (secondary N) is 1. The van der Waals surface area contributed by atoms with Crippen molar-refractivity contribution in [2.75, 3.05) is 32.7 Å². The van der Waals surface area contributed by atoms with Crippen LogP contribution in [0.25, 0.3) is 11.4 Å². The van der Waals surface area contributed by atoms with Crippen LogP contribution in [-0.2, 0) is 17.8 Å². The lowest BCUT2D eigenvalue weighted by Gasteiger charge is -2.34. The summed E-state index contributed by atoms with van der Waals surface area (Å²) >= 11 is 5.41. The predicted octanol–water partition coefficient (Wildman–Crippen LogP) is 3.69. The molecule has 0 bridgehead atoms. The van der Waals surface area contributed by atoms with Gasteiger partial charge in [0.25, 0.3) is 0 Å². The van der Waals surface area contributed by atoms with Crippen molar-refractivity contribution in [3.63, 3.8) is 0 Å². The van der Waals surface area contributed by atoms with Crippen molar-refractivity contribution in [2.45, 2.75) is 26.3 Å². The van der Waals surface area contributed by atoms with Crippen LogP contribution in [0.3, 0.4) is 0 Å². The molecule has 1 aromatic heterocycles. The highest BCUT2D eigenvalue weighted by Gasteiger charge is 2.21. The van der Waals surface area contributed by atoms with E-state index in [-0.39, 0.29) is 5.91 Å². The van der Waals surface area contributed by atoms with Crippen LogP contribution in [0.2, 0.25) is 0 Å². The molecule has 0 saturated carbocycles. The number of rotatable bonds is 7. The lowest BCUT2D eigenvalue weighted by molar-refractivity contribution is -0.133. The van der Waals surface area contributed by atoms with E-state index < -0.39 is 0 Å². The number of hydrogen-bond donors (Lipinski definition) is 1. The Labute approximate surface area is 188 Å². The van der Waals surface area contributed by atoms with Crippen LogP contribution in [0.5, 0.6) is 0 Å². The van der Waals surface area contributed by atoms with E-state index >= 15 is 0 Å². The quantitative estimate of drug-likeness (QED) is 0.575. The summed E-state index contributed by atoms with van der Waals surface area (Å²) in [7, 11) is 0. The van der Waals surface area contributed by atoms with Crippen LogP contribution in [-0.4, -0.2) is 63.2 Å². The average Bonchev–Trinajstić information content (AvgIpc) is 3.18. The van der Waals surface area contributed by atoms with Crippen LogP contribution in [0.15, 0.2) is 54.6 Å². The molecule has 0 aliphatic carbocycles. The van der Waals surface area contributed by atoms with Gasteiger partial charge in [-0.15, -0.1) is 0 Å². The van der Waals surface area contributed by atoms with Gasteiger partial charge in [0.2, 0.25) is 5.91 Å². The monoisotopic (exact) mass is 435 g/mol. The molecule has 1 aliphatic heterocycles. The molecule has 0 unspecified atom stereocenters. The number of amides is 1. The number of nitrogens with zero attached hydrogens (tertiary/aromatic N) is 4. The summed E-state index contributed by atoms with van der Waals surface area (Å²) in [5, 5.41) is 7.25. The first-order valence-corrected chi connectivity index (χ1v) is 11.3. The number of H-pyrrole nitrogens is 1. The van der Waals surface area contributed by atoms with E-state index in [1.54, 1.807) is 0 Å². The number of hydrogen-bond acceptors (Lipinski definition) is 4. The predicted molar refractivity (Wildman–Crippen MR) is 125 cm³/mol. The molecule has 4 rings (SSSR count). The minimum absolute atomic E-state index is 0.181. The zero-order valence-electron chi connectivity index (χ0n) is 18.0. The van der Waals surface area contributed by atoms with Crippen molar-refractivity contribution in [3.8, 4) is 11.4 Å². The van der Waals surface area contributed by atoms with Crippen molar-refractivity contribution in [3.05, 3.63) is 70.5 Å². The second-order valence-electron chi connectivity index (χ2n) is 8.08. The Kier molecular flexibility index (Phi) is 6.94. The summed E-state index contributed by atoms with van der Waals surface area (Å²) in [6, 6.07) is 18.7. The van der Waals surface area contributed by atoms with Crippen molar-refractivity contribution in [2.24, 2.45) is 0 Å². The number of aromatic nitrogens is 3. The van der Waals surface area contributed by atoms with Crippen molar-refractivity contribution < 1.29 is 4.79 Å². The smallest absolute Gasteiger partial charge is 0.224 e. The van der Waals surface area contributed by atoms with Gasteiger partial charge in [0.05, 0.1) is 0 Å². The Bertz CT molecular complexity index is 1050. The molecule has 1 saturated heterocycles. The number of carbonyl (C=O) groups is 1. The molecule has 0 atom stereocenters. The molecular weight excluding hydrogens is 406 g/mol. The second-order valence-corrected chi connectivity index (χ2v) is 8.46. The molecule has 1 amide bonds. The second kappa shape index (κ2) is 10.0. The molecule has 0 radical (unpaired) electrons. The van der Waals surface area contributed by atoms with Gasteiger partial charge in [-0.25, -0.2) is 0 Å². The zero-order valence-corrected chi connectivity index (χ0v) is 18.8. The van der Waals surface area contributed by atoms with E-state index in [1.165, 1.54) is 11.1 Å². The Morgan fingerprint density at radius 1 is 1.00 bits per heavy atom. The first kappa shape index (κ1) is 21.5. The minimum atomic E-state index is 0.181. The van der Waals surface area contributed by atoms with E-state index in [4.69, 9.17) is 12.2 Å². The Hall–Kier alpha value is -2.77. The van der Waals surface area contributed by atoms with Crippen LogP contribution in [0, 0.1) is 11.7 Å². The molecule has 3 aromatic rings. The van der Waals surface area contributed by atoms with Crippen molar-refractivity contribution >= 4 is 18.1 Å². The maximum atomic E-state index is 12.8. The van der Waals surface area contributed by atoms with E-state index in [0.717, 1.165) is 50.5 Å². The zero-order chi connectivity index (χ0) is 21.6. The molecule has 31 heavy (non-hydrogen) atoms. The molecule has 2 heterocycles. The van der Waals surface area contributed by atoms with Crippen molar-refractivity contribution in [1.82, 2.24) is 24.6 Å². The van der Waals surface area contributed by atoms with E-state index in [9.17, 15) is 4.79 Å². The largest absolute Gasteiger partial charge is 0.340 e. The third-order valence-corrected chi connectivity index (χ3v) is 6.21. The lowest BCUT2D eigenvalue weighted by atomic mass is 10.1. The molecular formula is C24H29N5OS. The summed E-state index contributed by atoms with van der Waals surface area (Å²) in [4.78, 5) is 17.2. The molecule has 162 valence electrons. The summed E-state index contributed by atoms with van der Waals surface area (Å²) in [6.45, 7) is 7.06. The Balaban J connectivity index is 1.28. The molecule has 1 N–H and O–H groups in total. The maximum absolute atomic E-state index is 12.8. The minimum Gasteiger partial charge on any atom is -0.340 e. The van der Waals surface area contributed by atoms with E-state index in [1.807, 2.05) is 27.7 Å². The number of carbonyl (C=O) groups excluding carboxylic acids is 1. The van der Waals surface area contributed by atoms with Gasteiger partial charge in [-0.1, -0.05) is 60.2 Å². The summed E-state index contributed by atoms with van der Waals surface area (Å²) < 4.78 is 2.47. The fourth-order valence-corrected chi connectivity index (χ4v) is 4.19. The summed E-state index contributed by atoms with van der Waals surface area (Å²) in [5.74, 6) is 0.962. The highest BCUT2D eigenvalue weighted by Crippen LogP contribution is 2.18. The fraction of sp³-hybridized carbons (Fsp3) is 0.375. The van der Waals surface area contributed by atoms with Crippen LogP contribution < -0.4 is 0 Å². The van der Waals surface area contributed by atoms with Gasteiger partial charge in [0.1, 0.15) is 0 Å². The normalized spacial score (nSPS) is 14.7. The third kappa shape index (κ3) is 5.48. The first-order valence-electron chi connectivity index (χ1n) is 10.9. The van der Waals surface area contributed by atoms with Gasteiger partial charge in [-0.05, 0) is 31.1 Å². The first-order chi connectivity index (χ1) is 15.1. The third-order valence-electron chi connectivity index (χ3n) is 5.90. The molecule has 2 aromatic carbocycles. The van der Waals surface area contributed by atoms with Gasteiger partial charge in [0, 0.05) is 51.3 Å². The Morgan fingerprint density at radius 2 is 1.71 bits per heavy atom. The summed E-state index contributed by atoms with van der Waals surface area (Å²) in [6.07, 6.45) is 1.48. The Morgan fingerprint density at radius 3 is 2.42 bits per heavy atom. The van der Waals surface area contributed by atoms with Crippen molar-refractivity contribution in [1.29, 1.82) is 0 Å². The molecule has 1 fully saturated rings. The average molecular weight is 436 g/mol. The SMILES string of the molecule is Cc1ccc(-c2n[nH]c(=S)n2CCC(=O)N2CCN(CCc3ccccc3)CC2)cc1. The van der Waals surface area contributed by atoms with E-state index in [2.05, 4.69) is 58.4 Å². The lowest BCUT2D eigenvalue weighted by Crippen LogP contribution is -2.49. The van der Waals surface area contributed by atoms with Gasteiger partial charge in [0.15, 0.2) is 10.6 Å². The maximum Gasteiger partial charge on any atom is 0.224 e. The highest BCUT2D eigenvalue weighted by atomic mass is 32.1. The molecule has 7 heteroatoms. The number of aryl methyl sites for hydroxylation is 1. The topological polar surface area (TPSA) is 57.2 Å². The van der Waals surface area contributed by atoms with Crippen LogP contribution >= 0.6 is 12.2 Å². The van der Waals surface area contributed by atoms with Crippen LogP contribution in [0.1, 0.15) is 17.5 Å². The molecule has 0 spiro atoms. The number of benzene rings is 2. The van der Waals surface area contributed by atoms with Gasteiger partial charge >= 0.3 is 0 Å². The molecule has 6 nitrogen and oxygen atoms in total. The molecule has 1 aliphatic rings. The van der Waals surface area contributed by atoms with E-state index in [0.29, 0.717) is 17.7 Å². The van der Waals surface area contributed by atoms with Gasteiger partial charge < -0.3 is 4.90 Å².